The zero-order valence-corrected chi connectivity index (χ0v) is 11.6. The minimum Gasteiger partial charge on any atom is -0.497 e. The highest BCUT2D eigenvalue weighted by molar-refractivity contribution is 5.72. The van der Waals surface area contributed by atoms with E-state index >= 15 is 0 Å². The molecule has 2 heterocycles. The van der Waals surface area contributed by atoms with E-state index in [1.165, 1.54) is 4.68 Å². The highest BCUT2D eigenvalue weighted by atomic mass is 16.5. The van der Waals surface area contributed by atoms with Gasteiger partial charge in [0.1, 0.15) is 11.6 Å². The van der Waals surface area contributed by atoms with Gasteiger partial charge in [-0.05, 0) is 30.5 Å². The largest absolute Gasteiger partial charge is 0.497 e. The van der Waals surface area contributed by atoms with Crippen molar-refractivity contribution in [2.45, 2.75) is 24.8 Å². The lowest BCUT2D eigenvalue weighted by Gasteiger charge is -2.27. The van der Waals surface area contributed by atoms with Gasteiger partial charge in [-0.25, -0.2) is 9.48 Å². The molecular formula is C14H16N4O3. The van der Waals surface area contributed by atoms with E-state index in [1.54, 1.807) is 7.11 Å². The van der Waals surface area contributed by atoms with Crippen molar-refractivity contribution < 1.29 is 14.6 Å². The monoisotopic (exact) mass is 288 g/mol. The van der Waals surface area contributed by atoms with Crippen molar-refractivity contribution in [2.24, 2.45) is 0 Å². The number of aromatic nitrogens is 3. The second kappa shape index (κ2) is 5.08. The molecule has 2 unspecified atom stereocenters. The summed E-state index contributed by atoms with van der Waals surface area (Å²) < 4.78 is 6.67. The molecule has 110 valence electrons. The van der Waals surface area contributed by atoms with Crippen LogP contribution in [-0.2, 0) is 4.79 Å². The summed E-state index contributed by atoms with van der Waals surface area (Å²) in [5.41, 5.74) is 6.68. The van der Waals surface area contributed by atoms with Crippen LogP contribution in [0, 0.1) is 0 Å². The first kappa shape index (κ1) is 13.4. The molecule has 0 bridgehead atoms. The van der Waals surface area contributed by atoms with Gasteiger partial charge < -0.3 is 15.6 Å². The molecule has 2 aromatic rings. The lowest BCUT2D eigenvalue weighted by atomic mass is 9.88. The first-order valence-corrected chi connectivity index (χ1v) is 6.69. The maximum atomic E-state index is 11.3. The third-order valence-corrected chi connectivity index (χ3v) is 3.79. The molecule has 7 heteroatoms. The summed E-state index contributed by atoms with van der Waals surface area (Å²) in [4.78, 5) is 15.5. The van der Waals surface area contributed by atoms with Gasteiger partial charge in [-0.2, -0.15) is 4.98 Å². The number of nitrogens with zero attached hydrogens (tertiary/aromatic N) is 3. The lowest BCUT2D eigenvalue weighted by Crippen LogP contribution is -2.28. The van der Waals surface area contributed by atoms with E-state index in [9.17, 15) is 9.90 Å². The van der Waals surface area contributed by atoms with Crippen molar-refractivity contribution in [1.29, 1.82) is 0 Å². The standard InChI is InChI=1S/C14H16N4O3/c1-21-9-4-2-3-8(7-9)10-5-6-11(13(19)20)18-12(10)16-14(15)17-18/h2-4,7,10-11H,5-6H2,1H3,(H2,15,17)(H,19,20). The summed E-state index contributed by atoms with van der Waals surface area (Å²) in [6.07, 6.45) is 1.18. The molecule has 1 aromatic heterocycles. The van der Waals surface area contributed by atoms with Gasteiger partial charge in [-0.15, -0.1) is 5.10 Å². The van der Waals surface area contributed by atoms with Crippen molar-refractivity contribution in [3.05, 3.63) is 35.7 Å². The van der Waals surface area contributed by atoms with E-state index in [1.807, 2.05) is 24.3 Å². The van der Waals surface area contributed by atoms with Gasteiger partial charge in [0.05, 0.1) is 7.11 Å². The number of carboxylic acids is 1. The number of ether oxygens (including phenoxy) is 1. The molecule has 1 aliphatic rings. The molecule has 1 aromatic carbocycles. The number of aliphatic carboxylic acids is 1. The molecule has 3 rings (SSSR count). The van der Waals surface area contributed by atoms with Crippen molar-refractivity contribution >= 4 is 11.9 Å². The van der Waals surface area contributed by atoms with Crippen LogP contribution >= 0.6 is 0 Å². The Hall–Kier alpha value is -2.57. The highest BCUT2D eigenvalue weighted by Crippen LogP contribution is 2.37. The van der Waals surface area contributed by atoms with Gasteiger partial charge in [0.2, 0.25) is 5.95 Å². The fourth-order valence-corrected chi connectivity index (χ4v) is 2.80. The fraction of sp³-hybridized carbons (Fsp3) is 0.357. The van der Waals surface area contributed by atoms with Crippen LogP contribution in [0.5, 0.6) is 5.75 Å². The van der Waals surface area contributed by atoms with E-state index in [4.69, 9.17) is 10.5 Å². The number of nitrogen functional groups attached to an aromatic ring is 1. The minimum atomic E-state index is -0.912. The molecule has 3 N–H and O–H groups in total. The predicted octanol–water partition coefficient (Wildman–Crippen LogP) is 1.42. The van der Waals surface area contributed by atoms with Crippen molar-refractivity contribution in [2.75, 3.05) is 12.8 Å². The van der Waals surface area contributed by atoms with Crippen molar-refractivity contribution in [1.82, 2.24) is 14.8 Å². The Morgan fingerprint density at radius 2 is 2.29 bits per heavy atom. The Morgan fingerprint density at radius 3 is 3.00 bits per heavy atom. The number of anilines is 1. The van der Waals surface area contributed by atoms with Gasteiger partial charge in [-0.3, -0.25) is 0 Å². The average molecular weight is 288 g/mol. The third-order valence-electron chi connectivity index (χ3n) is 3.79. The third kappa shape index (κ3) is 2.31. The highest BCUT2D eigenvalue weighted by Gasteiger charge is 2.34. The number of hydrogen-bond acceptors (Lipinski definition) is 5. The quantitative estimate of drug-likeness (QED) is 0.885. The second-order valence-corrected chi connectivity index (χ2v) is 5.03. The van der Waals surface area contributed by atoms with Crippen molar-refractivity contribution in [3.63, 3.8) is 0 Å². The summed E-state index contributed by atoms with van der Waals surface area (Å²) in [5, 5.41) is 13.3. The van der Waals surface area contributed by atoms with Crippen LogP contribution in [-0.4, -0.2) is 33.0 Å². The Morgan fingerprint density at radius 1 is 1.48 bits per heavy atom. The topological polar surface area (TPSA) is 103 Å². The molecule has 0 saturated heterocycles. The molecule has 2 atom stereocenters. The van der Waals surface area contributed by atoms with Crippen LogP contribution in [0.3, 0.4) is 0 Å². The van der Waals surface area contributed by atoms with E-state index in [0.717, 1.165) is 11.3 Å². The maximum absolute atomic E-state index is 11.3. The molecule has 0 aliphatic carbocycles. The number of carbonyl (C=O) groups is 1. The number of carboxylic acid groups (broad SMARTS) is 1. The van der Waals surface area contributed by atoms with Crippen LogP contribution < -0.4 is 10.5 Å². The molecule has 0 spiro atoms. The van der Waals surface area contributed by atoms with Crippen LogP contribution in [0.1, 0.15) is 36.2 Å². The smallest absolute Gasteiger partial charge is 0.328 e. The predicted molar refractivity (Wildman–Crippen MR) is 75.2 cm³/mol. The van der Waals surface area contributed by atoms with Crippen molar-refractivity contribution in [3.8, 4) is 5.75 Å². The summed E-state index contributed by atoms with van der Waals surface area (Å²) in [7, 11) is 1.61. The normalized spacial score (nSPS) is 20.8. The van der Waals surface area contributed by atoms with Gasteiger partial charge >= 0.3 is 5.97 Å². The zero-order valence-electron chi connectivity index (χ0n) is 11.6. The minimum absolute atomic E-state index is 0.0273. The SMILES string of the molecule is COc1cccc(C2CCC(C(=O)O)n3nc(N)nc32)c1. The Bertz CT molecular complexity index is 683. The van der Waals surface area contributed by atoms with Crippen LogP contribution in [0.2, 0.25) is 0 Å². The second-order valence-electron chi connectivity index (χ2n) is 5.03. The number of fused-ring (bicyclic) bond motifs is 1. The number of benzene rings is 1. The average Bonchev–Trinajstić information content (AvgIpc) is 2.87. The van der Waals surface area contributed by atoms with Gasteiger partial charge in [0.15, 0.2) is 6.04 Å². The van der Waals surface area contributed by atoms with Gasteiger partial charge in [0, 0.05) is 5.92 Å². The fourth-order valence-electron chi connectivity index (χ4n) is 2.80. The lowest BCUT2D eigenvalue weighted by molar-refractivity contribution is -0.141. The van der Waals surface area contributed by atoms with E-state index < -0.39 is 12.0 Å². The molecule has 0 amide bonds. The number of rotatable bonds is 3. The maximum Gasteiger partial charge on any atom is 0.328 e. The van der Waals surface area contributed by atoms with Gasteiger partial charge in [-0.1, -0.05) is 12.1 Å². The first-order chi connectivity index (χ1) is 10.1. The van der Waals surface area contributed by atoms with Crippen LogP contribution in [0.15, 0.2) is 24.3 Å². The van der Waals surface area contributed by atoms with E-state index in [2.05, 4.69) is 10.1 Å². The summed E-state index contributed by atoms with van der Waals surface area (Å²) >= 11 is 0. The number of methoxy groups -OCH3 is 1. The van der Waals surface area contributed by atoms with Crippen LogP contribution in [0.4, 0.5) is 5.95 Å². The molecular weight excluding hydrogens is 272 g/mol. The molecule has 1 aliphatic heterocycles. The van der Waals surface area contributed by atoms with Crippen LogP contribution in [0.25, 0.3) is 0 Å². The molecule has 21 heavy (non-hydrogen) atoms. The van der Waals surface area contributed by atoms with E-state index in [-0.39, 0.29) is 11.9 Å². The molecule has 0 radical (unpaired) electrons. The summed E-state index contributed by atoms with van der Waals surface area (Å²) in [6, 6.07) is 6.98. The Labute approximate surface area is 121 Å². The molecule has 0 fully saturated rings. The number of nitrogens with two attached hydrogens (primary N) is 1. The summed E-state index contributed by atoms with van der Waals surface area (Å²) in [5.74, 6) is 0.517. The van der Waals surface area contributed by atoms with E-state index in [0.29, 0.717) is 18.7 Å². The number of hydrogen-bond donors (Lipinski definition) is 2. The molecule has 7 nitrogen and oxygen atoms in total. The molecule has 0 saturated carbocycles. The Kier molecular flexibility index (Phi) is 3.25. The first-order valence-electron chi connectivity index (χ1n) is 6.69. The van der Waals surface area contributed by atoms with Gasteiger partial charge in [0.25, 0.3) is 0 Å². The Balaban J connectivity index is 2.04. The summed E-state index contributed by atoms with van der Waals surface area (Å²) in [6.45, 7) is 0. The zero-order chi connectivity index (χ0) is 15.0.